The maximum absolute atomic E-state index is 13.1. The van der Waals surface area contributed by atoms with Crippen molar-refractivity contribution in [2.75, 3.05) is 39.6 Å². The summed E-state index contributed by atoms with van der Waals surface area (Å²) >= 11 is 0. The predicted octanol–water partition coefficient (Wildman–Crippen LogP) is 24.5. The van der Waals surface area contributed by atoms with Crippen LogP contribution >= 0.6 is 15.6 Å². The zero-order valence-corrected chi connectivity index (χ0v) is 68.2. The Kier molecular flexibility index (Phi) is 70.9. The highest BCUT2D eigenvalue weighted by atomic mass is 31.2. The van der Waals surface area contributed by atoms with Crippen molar-refractivity contribution in [3.63, 3.8) is 0 Å². The van der Waals surface area contributed by atoms with Crippen molar-refractivity contribution in [2.24, 2.45) is 17.8 Å². The molecule has 0 rings (SSSR count). The van der Waals surface area contributed by atoms with Gasteiger partial charge in [-0.05, 0) is 43.4 Å². The van der Waals surface area contributed by atoms with E-state index in [0.29, 0.717) is 25.7 Å². The summed E-state index contributed by atoms with van der Waals surface area (Å²) in [5.41, 5.74) is 0. The Hall–Kier alpha value is -1.94. The topological polar surface area (TPSA) is 237 Å². The lowest BCUT2D eigenvalue weighted by molar-refractivity contribution is -0.161. The minimum atomic E-state index is -4.96. The molecule has 0 heterocycles. The Morgan fingerprint density at radius 3 is 0.752 bits per heavy atom. The van der Waals surface area contributed by atoms with Crippen LogP contribution in [0.4, 0.5) is 0 Å². The van der Waals surface area contributed by atoms with E-state index in [2.05, 4.69) is 48.5 Å². The highest BCUT2D eigenvalue weighted by Gasteiger charge is 2.30. The quantitative estimate of drug-likeness (QED) is 0.0222. The van der Waals surface area contributed by atoms with Crippen molar-refractivity contribution in [1.29, 1.82) is 0 Å². The van der Waals surface area contributed by atoms with E-state index in [1.54, 1.807) is 0 Å². The largest absolute Gasteiger partial charge is 0.472 e. The van der Waals surface area contributed by atoms with E-state index in [4.69, 9.17) is 37.0 Å². The molecule has 0 aromatic carbocycles. The molecule has 0 amide bonds. The van der Waals surface area contributed by atoms with E-state index in [1.165, 1.54) is 238 Å². The lowest BCUT2D eigenvalue weighted by Crippen LogP contribution is -2.30. The van der Waals surface area contributed by atoms with Crippen molar-refractivity contribution in [3.8, 4) is 0 Å². The van der Waals surface area contributed by atoms with E-state index in [9.17, 15) is 43.2 Å². The van der Waals surface area contributed by atoms with Crippen molar-refractivity contribution in [1.82, 2.24) is 0 Å². The Morgan fingerprint density at radius 2 is 0.505 bits per heavy atom. The molecule has 101 heavy (non-hydrogen) atoms. The SMILES string of the molecule is CCCCCCCCCCCCCC(=O)OC[C@H](COP(=O)(O)OC[C@H](O)COP(=O)(O)OC[C@@H](COC(=O)CCCCCCCCCCCCCCCCC(C)C)OC(=O)CCCCCCCCCCCCCCCCCCCCC(C)C)OC(=O)CCCCCCCCCCC(C)CC. The van der Waals surface area contributed by atoms with Gasteiger partial charge in [0.25, 0.3) is 0 Å². The van der Waals surface area contributed by atoms with Gasteiger partial charge in [-0.15, -0.1) is 0 Å². The Bertz CT molecular complexity index is 1960. The van der Waals surface area contributed by atoms with E-state index in [-0.39, 0.29) is 25.7 Å². The van der Waals surface area contributed by atoms with Crippen LogP contribution in [0.1, 0.15) is 427 Å². The molecule has 0 saturated carbocycles. The van der Waals surface area contributed by atoms with Gasteiger partial charge in [0.05, 0.1) is 26.4 Å². The molecule has 0 aromatic heterocycles. The summed E-state index contributed by atoms with van der Waals surface area (Å²) in [6.07, 6.45) is 61.0. The van der Waals surface area contributed by atoms with Gasteiger partial charge in [0.1, 0.15) is 19.3 Å². The summed E-state index contributed by atoms with van der Waals surface area (Å²) < 4.78 is 68.7. The fourth-order valence-corrected chi connectivity index (χ4v) is 14.2. The summed E-state index contributed by atoms with van der Waals surface area (Å²) in [6, 6.07) is 0. The van der Waals surface area contributed by atoms with Gasteiger partial charge >= 0.3 is 39.5 Å². The molecule has 0 aliphatic rings. The molecule has 0 aromatic rings. The minimum absolute atomic E-state index is 0.105. The fourth-order valence-electron chi connectivity index (χ4n) is 12.6. The number of carbonyl (C=O) groups is 4. The van der Waals surface area contributed by atoms with Crippen LogP contribution in [-0.4, -0.2) is 96.7 Å². The first-order chi connectivity index (χ1) is 48.8. The molecule has 0 aliphatic heterocycles. The number of aliphatic hydroxyl groups excluding tert-OH is 1. The molecule has 0 fully saturated rings. The number of phosphoric ester groups is 2. The normalized spacial score (nSPS) is 14.2. The average molecular weight is 1480 g/mol. The monoisotopic (exact) mass is 1480 g/mol. The van der Waals surface area contributed by atoms with Crippen LogP contribution in [0.15, 0.2) is 0 Å². The van der Waals surface area contributed by atoms with Crippen molar-refractivity contribution < 1.29 is 80.2 Å². The van der Waals surface area contributed by atoms with Gasteiger partial charge in [-0.1, -0.05) is 376 Å². The van der Waals surface area contributed by atoms with Crippen LogP contribution in [0.25, 0.3) is 0 Å². The summed E-state index contributed by atoms with van der Waals surface area (Å²) in [7, 11) is -9.92. The number of rotatable bonds is 80. The lowest BCUT2D eigenvalue weighted by atomic mass is 9.99. The van der Waals surface area contributed by atoms with Crippen molar-refractivity contribution in [2.45, 2.75) is 446 Å². The molecule has 0 spiro atoms. The number of hydrogen-bond donors (Lipinski definition) is 3. The zero-order chi connectivity index (χ0) is 74.4. The average Bonchev–Trinajstić information content (AvgIpc) is 0.959. The highest BCUT2D eigenvalue weighted by Crippen LogP contribution is 2.45. The maximum Gasteiger partial charge on any atom is 0.472 e. The molecule has 3 unspecified atom stereocenters. The maximum atomic E-state index is 13.1. The number of aliphatic hydroxyl groups is 1. The molecule has 19 heteroatoms. The Balaban J connectivity index is 5.23. The second kappa shape index (κ2) is 72.3. The molecule has 0 bridgehead atoms. The van der Waals surface area contributed by atoms with Crippen molar-refractivity contribution in [3.05, 3.63) is 0 Å². The fraction of sp³-hybridized carbons (Fsp3) is 0.951. The van der Waals surface area contributed by atoms with Crippen LogP contribution in [0, 0.1) is 17.8 Å². The molecule has 0 saturated heterocycles. The number of hydrogen-bond acceptors (Lipinski definition) is 15. The van der Waals surface area contributed by atoms with Gasteiger partial charge in [-0.3, -0.25) is 37.3 Å². The first-order valence-corrected chi connectivity index (χ1v) is 45.4. The van der Waals surface area contributed by atoms with Crippen LogP contribution in [0.3, 0.4) is 0 Å². The first-order valence-electron chi connectivity index (χ1n) is 42.4. The molecule has 3 N–H and O–H groups in total. The first kappa shape index (κ1) is 99.1. The third-order valence-electron chi connectivity index (χ3n) is 19.5. The summed E-state index contributed by atoms with van der Waals surface area (Å²) in [5.74, 6) is 0.279. The molecule has 0 radical (unpaired) electrons. The molecule has 0 aliphatic carbocycles. The number of carbonyl (C=O) groups excluding carboxylic acids is 4. The molecule has 6 atom stereocenters. The van der Waals surface area contributed by atoms with Gasteiger partial charge in [0.2, 0.25) is 0 Å². The Labute approximate surface area is 619 Å². The van der Waals surface area contributed by atoms with E-state index in [0.717, 1.165) is 108 Å². The van der Waals surface area contributed by atoms with E-state index in [1.807, 2.05) is 0 Å². The third kappa shape index (κ3) is 74.7. The van der Waals surface area contributed by atoms with Crippen LogP contribution in [-0.2, 0) is 65.4 Å². The predicted molar refractivity (Wildman–Crippen MR) is 414 cm³/mol. The van der Waals surface area contributed by atoms with Gasteiger partial charge in [-0.2, -0.15) is 0 Å². The number of phosphoric acid groups is 2. The second-order valence-electron chi connectivity index (χ2n) is 30.7. The molecule has 17 nitrogen and oxygen atoms in total. The van der Waals surface area contributed by atoms with E-state index < -0.39 is 97.5 Å². The smallest absolute Gasteiger partial charge is 0.462 e. The summed E-state index contributed by atoms with van der Waals surface area (Å²) in [5, 5.41) is 10.6. The molecule has 600 valence electrons. The van der Waals surface area contributed by atoms with Gasteiger partial charge < -0.3 is 33.8 Å². The standard InChI is InChI=1S/C82H160O17P2/c1-8-10-11-12-13-14-27-34-42-49-56-63-79(84)92-70-78(99-82(87)66-59-52-45-38-37-41-48-55-62-75(7)9-2)72-97-101(90,91)95-68-76(83)67-94-100(88,89)96-71-77(69-93-80(85)64-57-50-43-35-30-25-22-21-24-29-33-40-47-54-61-74(5)6)98-81(86)65-58-51-44-36-31-26-20-18-16-15-17-19-23-28-32-39-46-53-60-73(3)4/h73-78,83H,8-72H2,1-7H3,(H,88,89)(H,90,91)/t75?,76-,77-,78-/m1/s1. The van der Waals surface area contributed by atoms with Gasteiger partial charge in [0.15, 0.2) is 12.2 Å². The summed E-state index contributed by atoms with van der Waals surface area (Å²) in [4.78, 5) is 73.0. The number of ether oxygens (including phenoxy) is 4. The second-order valence-corrected chi connectivity index (χ2v) is 33.6. The minimum Gasteiger partial charge on any atom is -0.462 e. The zero-order valence-electron chi connectivity index (χ0n) is 66.4. The van der Waals surface area contributed by atoms with Crippen LogP contribution < -0.4 is 0 Å². The highest BCUT2D eigenvalue weighted by molar-refractivity contribution is 7.47. The molecular weight excluding hydrogens is 1320 g/mol. The Morgan fingerprint density at radius 1 is 0.287 bits per heavy atom. The van der Waals surface area contributed by atoms with Crippen molar-refractivity contribution >= 4 is 39.5 Å². The van der Waals surface area contributed by atoms with Gasteiger partial charge in [0, 0.05) is 25.7 Å². The summed E-state index contributed by atoms with van der Waals surface area (Å²) in [6.45, 7) is 12.0. The van der Waals surface area contributed by atoms with Crippen LogP contribution in [0.5, 0.6) is 0 Å². The number of unbranched alkanes of at least 4 members (excludes halogenated alkanes) is 47. The van der Waals surface area contributed by atoms with E-state index >= 15 is 0 Å². The molecular formula is C82H160O17P2. The van der Waals surface area contributed by atoms with Crippen LogP contribution in [0.2, 0.25) is 0 Å². The number of esters is 4. The lowest BCUT2D eigenvalue weighted by Gasteiger charge is -2.21. The third-order valence-corrected chi connectivity index (χ3v) is 21.4. The van der Waals surface area contributed by atoms with Gasteiger partial charge in [-0.25, -0.2) is 9.13 Å².